The standard InChI is InChI=1S/C49H32N4S/c1-49(2)41-12-6-4-10-37(41)38-21-19-33(26-42(38)49)47-51-46(52-48(53-47)34-20-22-40-39-11-5-8-14-44(39)54-45(40)27-34)32-18-16-29-15-17-30(23-35(29)25-32)36-24-31-9-3-7-13-43(31)50-28-36/h3-28H,1-2H3. The van der Waals surface area contributed by atoms with Crippen LogP contribution in [0.15, 0.2) is 158 Å². The molecule has 3 heterocycles. The highest BCUT2D eigenvalue weighted by Gasteiger charge is 2.35. The van der Waals surface area contributed by atoms with Crippen LogP contribution in [-0.2, 0) is 5.41 Å². The van der Waals surface area contributed by atoms with Gasteiger partial charge in [-0.2, -0.15) is 0 Å². The Labute approximate surface area is 316 Å². The number of fused-ring (bicyclic) bond motifs is 8. The molecule has 4 nitrogen and oxygen atoms in total. The Morgan fingerprint density at radius 1 is 0.426 bits per heavy atom. The fraction of sp³-hybridized carbons (Fsp3) is 0.0612. The molecule has 0 saturated carbocycles. The van der Waals surface area contributed by atoms with Gasteiger partial charge < -0.3 is 0 Å². The van der Waals surface area contributed by atoms with Gasteiger partial charge in [0.1, 0.15) is 0 Å². The van der Waals surface area contributed by atoms with Gasteiger partial charge in [-0.25, -0.2) is 15.0 Å². The van der Waals surface area contributed by atoms with Crippen LogP contribution in [0.1, 0.15) is 25.0 Å². The number of aromatic nitrogens is 4. The van der Waals surface area contributed by atoms with Crippen LogP contribution in [0.4, 0.5) is 0 Å². The first-order valence-electron chi connectivity index (χ1n) is 18.3. The van der Waals surface area contributed by atoms with Gasteiger partial charge in [0.2, 0.25) is 0 Å². The summed E-state index contributed by atoms with van der Waals surface area (Å²) >= 11 is 1.80. The summed E-state index contributed by atoms with van der Waals surface area (Å²) in [6, 6.07) is 54.1. The molecule has 54 heavy (non-hydrogen) atoms. The van der Waals surface area contributed by atoms with Crippen molar-refractivity contribution < 1.29 is 0 Å². The molecule has 254 valence electrons. The van der Waals surface area contributed by atoms with Gasteiger partial charge in [-0.15, -0.1) is 11.3 Å². The first kappa shape index (κ1) is 31.0. The van der Waals surface area contributed by atoms with E-state index in [0.717, 1.165) is 49.5 Å². The Hall–Kier alpha value is -6.56. The Bertz CT molecular complexity index is 3160. The van der Waals surface area contributed by atoms with Crippen LogP contribution in [0.3, 0.4) is 0 Å². The predicted octanol–water partition coefficient (Wildman–Crippen LogP) is 12.9. The quantitative estimate of drug-likeness (QED) is 0.183. The summed E-state index contributed by atoms with van der Waals surface area (Å²) in [7, 11) is 0. The number of benzene rings is 7. The number of rotatable bonds is 4. The van der Waals surface area contributed by atoms with Crippen molar-refractivity contribution in [3.8, 4) is 56.4 Å². The summed E-state index contributed by atoms with van der Waals surface area (Å²) < 4.78 is 2.49. The largest absolute Gasteiger partial charge is 0.256 e. The molecule has 3 aromatic heterocycles. The van der Waals surface area contributed by atoms with Gasteiger partial charge in [0.05, 0.1) is 5.52 Å². The highest BCUT2D eigenvalue weighted by atomic mass is 32.1. The third-order valence-electron chi connectivity index (χ3n) is 11.1. The maximum absolute atomic E-state index is 5.21. The normalized spacial score (nSPS) is 13.1. The third kappa shape index (κ3) is 4.89. The molecule has 1 aliphatic rings. The lowest BCUT2D eigenvalue weighted by Crippen LogP contribution is -2.15. The Morgan fingerprint density at radius 3 is 1.91 bits per heavy atom. The summed E-state index contributed by atoms with van der Waals surface area (Å²) in [6.07, 6.45) is 1.96. The average molecular weight is 709 g/mol. The predicted molar refractivity (Wildman–Crippen MR) is 225 cm³/mol. The Kier molecular flexibility index (Phi) is 6.73. The van der Waals surface area contributed by atoms with Crippen molar-refractivity contribution in [3.05, 3.63) is 169 Å². The smallest absolute Gasteiger partial charge is 0.164 e. The van der Waals surface area contributed by atoms with Crippen molar-refractivity contribution >= 4 is 53.2 Å². The van der Waals surface area contributed by atoms with Gasteiger partial charge >= 0.3 is 0 Å². The molecule has 7 aromatic carbocycles. The van der Waals surface area contributed by atoms with Crippen molar-refractivity contribution in [2.45, 2.75) is 19.3 Å². The Balaban J connectivity index is 1.07. The highest BCUT2D eigenvalue weighted by molar-refractivity contribution is 7.25. The first-order chi connectivity index (χ1) is 26.5. The van der Waals surface area contributed by atoms with Gasteiger partial charge in [0.15, 0.2) is 17.5 Å². The molecule has 10 aromatic rings. The maximum atomic E-state index is 5.21. The number of hydrogen-bond donors (Lipinski definition) is 0. The SMILES string of the molecule is CC1(C)c2ccccc2-c2ccc(-c3nc(-c4ccc5ccc(-c6cnc7ccccc7c6)cc5c4)nc(-c4ccc5c(c4)sc4ccccc45)n3)cc21. The number of nitrogens with zero attached hydrogens (tertiary/aromatic N) is 4. The van der Waals surface area contributed by atoms with Crippen LogP contribution in [0.2, 0.25) is 0 Å². The molecule has 0 radical (unpaired) electrons. The molecule has 0 bridgehead atoms. The number of hydrogen-bond acceptors (Lipinski definition) is 5. The second-order valence-corrected chi connectivity index (χ2v) is 15.8. The van der Waals surface area contributed by atoms with Crippen molar-refractivity contribution in [1.82, 2.24) is 19.9 Å². The van der Waals surface area contributed by atoms with E-state index in [4.69, 9.17) is 19.9 Å². The van der Waals surface area contributed by atoms with Gasteiger partial charge in [-0.05, 0) is 81.1 Å². The second kappa shape index (κ2) is 11.7. The van der Waals surface area contributed by atoms with Gasteiger partial charge in [0, 0.05) is 59.4 Å². The van der Waals surface area contributed by atoms with E-state index in [0.29, 0.717) is 17.5 Å². The molecular weight excluding hydrogens is 677 g/mol. The lowest BCUT2D eigenvalue weighted by atomic mass is 9.82. The van der Waals surface area contributed by atoms with Crippen molar-refractivity contribution in [2.24, 2.45) is 0 Å². The topological polar surface area (TPSA) is 51.6 Å². The van der Waals surface area contributed by atoms with Gasteiger partial charge in [0.25, 0.3) is 0 Å². The number of para-hydroxylation sites is 1. The molecule has 0 fully saturated rings. The zero-order chi connectivity index (χ0) is 36.0. The van der Waals surface area contributed by atoms with Gasteiger partial charge in [-0.3, -0.25) is 4.98 Å². The fourth-order valence-electron chi connectivity index (χ4n) is 8.27. The molecule has 5 heteroatoms. The Morgan fingerprint density at radius 2 is 1.04 bits per heavy atom. The number of thiophene rings is 1. The summed E-state index contributed by atoms with van der Waals surface area (Å²) in [4.78, 5) is 20.3. The van der Waals surface area contributed by atoms with E-state index in [2.05, 4.69) is 153 Å². The molecule has 0 atom stereocenters. The molecule has 0 saturated heterocycles. The highest BCUT2D eigenvalue weighted by Crippen LogP contribution is 2.49. The van der Waals surface area contributed by atoms with Crippen LogP contribution in [0, 0.1) is 0 Å². The minimum atomic E-state index is -0.135. The van der Waals surface area contributed by atoms with Crippen molar-refractivity contribution in [3.63, 3.8) is 0 Å². The zero-order valence-electron chi connectivity index (χ0n) is 29.7. The molecule has 0 spiro atoms. The summed E-state index contributed by atoms with van der Waals surface area (Å²) in [5, 5.41) is 5.92. The monoisotopic (exact) mass is 708 g/mol. The van der Waals surface area contributed by atoms with Gasteiger partial charge in [-0.1, -0.05) is 123 Å². The fourth-order valence-corrected chi connectivity index (χ4v) is 9.41. The molecule has 0 amide bonds. The average Bonchev–Trinajstić information content (AvgIpc) is 3.71. The van der Waals surface area contributed by atoms with Crippen LogP contribution in [0.25, 0.3) is 98.3 Å². The van der Waals surface area contributed by atoms with Crippen molar-refractivity contribution in [1.29, 1.82) is 0 Å². The molecule has 0 aliphatic heterocycles. The molecule has 0 N–H and O–H groups in total. The molecular formula is C49H32N4S. The van der Waals surface area contributed by atoms with E-state index < -0.39 is 0 Å². The maximum Gasteiger partial charge on any atom is 0.164 e. The summed E-state index contributed by atoms with van der Waals surface area (Å²) in [5.41, 5.74) is 11.2. The van der Waals surface area contributed by atoms with Crippen LogP contribution >= 0.6 is 11.3 Å². The second-order valence-electron chi connectivity index (χ2n) is 14.7. The third-order valence-corrected chi connectivity index (χ3v) is 12.3. The molecule has 1 aliphatic carbocycles. The van der Waals surface area contributed by atoms with E-state index in [1.165, 1.54) is 42.4 Å². The first-order valence-corrected chi connectivity index (χ1v) is 19.1. The van der Waals surface area contributed by atoms with Crippen LogP contribution in [0.5, 0.6) is 0 Å². The van der Waals surface area contributed by atoms with E-state index >= 15 is 0 Å². The van der Waals surface area contributed by atoms with Crippen molar-refractivity contribution in [2.75, 3.05) is 0 Å². The minimum absolute atomic E-state index is 0.135. The molecule has 11 rings (SSSR count). The summed E-state index contributed by atoms with van der Waals surface area (Å²) in [6.45, 7) is 4.62. The lowest BCUT2D eigenvalue weighted by Gasteiger charge is -2.21. The van der Waals surface area contributed by atoms with Crippen LogP contribution in [-0.4, -0.2) is 19.9 Å². The van der Waals surface area contributed by atoms with E-state index in [9.17, 15) is 0 Å². The van der Waals surface area contributed by atoms with E-state index in [1.807, 2.05) is 18.3 Å². The molecule has 0 unspecified atom stereocenters. The summed E-state index contributed by atoms with van der Waals surface area (Å²) in [5.74, 6) is 1.97. The minimum Gasteiger partial charge on any atom is -0.256 e. The lowest BCUT2D eigenvalue weighted by molar-refractivity contribution is 0.660. The zero-order valence-corrected chi connectivity index (χ0v) is 30.5. The number of pyridine rings is 1. The van der Waals surface area contributed by atoms with Crippen LogP contribution < -0.4 is 0 Å². The van der Waals surface area contributed by atoms with E-state index in [1.54, 1.807) is 11.3 Å². The van der Waals surface area contributed by atoms with E-state index in [-0.39, 0.29) is 5.41 Å².